The molecule has 4 nitrogen and oxygen atoms in total. The second-order valence-corrected chi connectivity index (χ2v) is 12.4. The van der Waals surface area contributed by atoms with Crippen molar-refractivity contribution in [2.75, 3.05) is 4.90 Å². The summed E-state index contributed by atoms with van der Waals surface area (Å²) in [6, 6.07) is 50.1. The molecule has 4 heteroatoms. The lowest BCUT2D eigenvalue weighted by molar-refractivity contribution is 0.819. The fourth-order valence-corrected chi connectivity index (χ4v) is 8.15. The number of allylic oxidation sites excluding steroid dienone is 4. The quantitative estimate of drug-likeness (QED) is 0.202. The highest BCUT2D eigenvalue weighted by molar-refractivity contribution is 6.12. The summed E-state index contributed by atoms with van der Waals surface area (Å²) >= 11 is 0. The molecule has 1 atom stereocenters. The SMILES string of the molecule is N#Cc1c(N2C3=CC=CCC3c3ccccc32)ccc(-n2c3ccccc3c3ccccc32)c1-n1c2ccccc2c2ccccc21. The van der Waals surface area contributed by atoms with Gasteiger partial charge >= 0.3 is 0 Å². The van der Waals surface area contributed by atoms with E-state index in [1.807, 2.05) is 0 Å². The second kappa shape index (κ2) is 9.84. The zero-order valence-electron chi connectivity index (χ0n) is 25.5. The maximum Gasteiger partial charge on any atom is 0.104 e. The van der Waals surface area contributed by atoms with E-state index in [-0.39, 0.29) is 5.92 Å². The molecule has 0 saturated heterocycles. The zero-order valence-corrected chi connectivity index (χ0v) is 25.5. The summed E-state index contributed by atoms with van der Waals surface area (Å²) in [4.78, 5) is 2.33. The summed E-state index contributed by atoms with van der Waals surface area (Å²) in [7, 11) is 0. The molecule has 1 unspecified atom stereocenters. The third-order valence-corrected chi connectivity index (χ3v) is 10.1. The molecule has 220 valence electrons. The van der Waals surface area contributed by atoms with Gasteiger partial charge in [0.1, 0.15) is 11.6 Å². The van der Waals surface area contributed by atoms with Crippen LogP contribution in [-0.2, 0) is 0 Å². The number of para-hydroxylation sites is 5. The van der Waals surface area contributed by atoms with Gasteiger partial charge in [-0.2, -0.15) is 5.26 Å². The van der Waals surface area contributed by atoms with E-state index >= 15 is 0 Å². The Labute approximate surface area is 271 Å². The molecule has 2 aromatic heterocycles. The van der Waals surface area contributed by atoms with Crippen LogP contribution in [0.15, 0.2) is 157 Å². The second-order valence-electron chi connectivity index (χ2n) is 12.4. The van der Waals surface area contributed by atoms with Crippen LogP contribution in [0.4, 0.5) is 11.4 Å². The van der Waals surface area contributed by atoms with Crippen LogP contribution in [0.1, 0.15) is 23.5 Å². The number of anilines is 2. The molecule has 0 fully saturated rings. The number of rotatable bonds is 3. The summed E-state index contributed by atoms with van der Waals surface area (Å²) in [5, 5.41) is 16.1. The number of benzene rings is 6. The molecular formula is C43H28N4. The first-order valence-electron chi connectivity index (χ1n) is 16.1. The average Bonchev–Trinajstić information content (AvgIpc) is 3.77. The Morgan fingerprint density at radius 3 is 1.64 bits per heavy atom. The fraction of sp³-hybridized carbons (Fsp3) is 0.0465. The van der Waals surface area contributed by atoms with Crippen LogP contribution in [0.25, 0.3) is 55.0 Å². The van der Waals surface area contributed by atoms with Crippen LogP contribution in [0.2, 0.25) is 0 Å². The van der Waals surface area contributed by atoms with Crippen LogP contribution in [0.5, 0.6) is 0 Å². The van der Waals surface area contributed by atoms with E-state index in [0.29, 0.717) is 5.56 Å². The van der Waals surface area contributed by atoms with Crippen LogP contribution < -0.4 is 4.90 Å². The number of hydrogen-bond acceptors (Lipinski definition) is 2. The third kappa shape index (κ3) is 3.51. The molecule has 0 spiro atoms. The Kier molecular flexibility index (Phi) is 5.44. The monoisotopic (exact) mass is 600 g/mol. The van der Waals surface area contributed by atoms with Gasteiger partial charge in [0.15, 0.2) is 0 Å². The summed E-state index contributed by atoms with van der Waals surface area (Å²) in [6.07, 6.45) is 7.56. The van der Waals surface area contributed by atoms with Gasteiger partial charge in [0, 0.05) is 38.8 Å². The molecule has 6 aromatic carbocycles. The van der Waals surface area contributed by atoms with Crippen LogP contribution in [-0.4, -0.2) is 9.13 Å². The van der Waals surface area contributed by atoms with Gasteiger partial charge in [-0.15, -0.1) is 0 Å². The summed E-state index contributed by atoms with van der Waals surface area (Å²) in [5.74, 6) is 0.261. The van der Waals surface area contributed by atoms with Gasteiger partial charge in [-0.3, -0.25) is 0 Å². The highest BCUT2D eigenvalue weighted by Gasteiger charge is 2.37. The molecule has 0 radical (unpaired) electrons. The Balaban J connectivity index is 1.39. The van der Waals surface area contributed by atoms with E-state index in [1.165, 1.54) is 22.0 Å². The van der Waals surface area contributed by atoms with Crippen molar-refractivity contribution in [3.8, 4) is 17.4 Å². The van der Waals surface area contributed by atoms with Crippen molar-refractivity contribution in [3.63, 3.8) is 0 Å². The predicted molar refractivity (Wildman–Crippen MR) is 193 cm³/mol. The lowest BCUT2D eigenvalue weighted by Crippen LogP contribution is -2.17. The first-order valence-corrected chi connectivity index (χ1v) is 16.1. The van der Waals surface area contributed by atoms with Crippen LogP contribution >= 0.6 is 0 Å². The minimum absolute atomic E-state index is 0.261. The lowest BCUT2D eigenvalue weighted by Gasteiger charge is -2.28. The van der Waals surface area contributed by atoms with E-state index in [1.54, 1.807) is 0 Å². The van der Waals surface area contributed by atoms with Crippen molar-refractivity contribution in [2.24, 2.45) is 0 Å². The summed E-state index contributed by atoms with van der Waals surface area (Å²) < 4.78 is 4.66. The Bertz CT molecular complexity index is 2590. The molecule has 0 amide bonds. The van der Waals surface area contributed by atoms with E-state index in [4.69, 9.17) is 0 Å². The van der Waals surface area contributed by atoms with Crippen LogP contribution in [0, 0.1) is 11.3 Å². The van der Waals surface area contributed by atoms with Crippen molar-refractivity contribution < 1.29 is 0 Å². The van der Waals surface area contributed by atoms with Crippen LogP contribution in [0.3, 0.4) is 0 Å². The van der Waals surface area contributed by atoms with Crippen molar-refractivity contribution in [3.05, 3.63) is 169 Å². The van der Waals surface area contributed by atoms with E-state index in [0.717, 1.165) is 62.0 Å². The van der Waals surface area contributed by atoms with Crippen molar-refractivity contribution in [1.29, 1.82) is 5.26 Å². The smallest absolute Gasteiger partial charge is 0.104 e. The number of nitriles is 1. The van der Waals surface area contributed by atoms with Gasteiger partial charge in [-0.1, -0.05) is 103 Å². The highest BCUT2D eigenvalue weighted by Crippen LogP contribution is 2.52. The van der Waals surface area contributed by atoms with Gasteiger partial charge in [0.25, 0.3) is 0 Å². The van der Waals surface area contributed by atoms with Crippen molar-refractivity contribution >= 4 is 55.0 Å². The minimum atomic E-state index is 0.261. The summed E-state index contributed by atoms with van der Waals surface area (Å²) in [5.41, 5.74) is 11.4. The van der Waals surface area contributed by atoms with Gasteiger partial charge in [0.05, 0.1) is 39.1 Å². The molecule has 0 N–H and O–H groups in total. The molecule has 47 heavy (non-hydrogen) atoms. The van der Waals surface area contributed by atoms with Gasteiger partial charge < -0.3 is 14.0 Å². The maximum absolute atomic E-state index is 11.4. The van der Waals surface area contributed by atoms with Gasteiger partial charge in [-0.05, 0) is 60.5 Å². The Morgan fingerprint density at radius 2 is 1.04 bits per heavy atom. The number of aromatic nitrogens is 2. The zero-order chi connectivity index (χ0) is 31.1. The molecule has 1 aliphatic heterocycles. The van der Waals surface area contributed by atoms with Gasteiger partial charge in [-0.25, -0.2) is 0 Å². The molecule has 10 rings (SSSR count). The largest absolute Gasteiger partial charge is 0.312 e. The highest BCUT2D eigenvalue weighted by atomic mass is 15.2. The maximum atomic E-state index is 11.4. The number of nitrogens with zero attached hydrogens (tertiary/aromatic N) is 4. The number of hydrogen-bond donors (Lipinski definition) is 0. The molecule has 3 heterocycles. The molecule has 8 aromatic rings. The first kappa shape index (κ1) is 26.0. The topological polar surface area (TPSA) is 36.9 Å². The third-order valence-electron chi connectivity index (χ3n) is 10.1. The molecular weight excluding hydrogens is 573 g/mol. The Morgan fingerprint density at radius 1 is 0.532 bits per heavy atom. The predicted octanol–water partition coefficient (Wildman–Crippen LogP) is 10.8. The first-order chi connectivity index (χ1) is 23.3. The normalized spacial score (nSPS) is 15.3. The van der Waals surface area contributed by atoms with Crippen molar-refractivity contribution in [1.82, 2.24) is 9.13 Å². The van der Waals surface area contributed by atoms with E-state index < -0.39 is 0 Å². The molecule has 0 saturated carbocycles. The average molecular weight is 601 g/mol. The molecule has 1 aliphatic carbocycles. The Hall–Kier alpha value is -6.31. The van der Waals surface area contributed by atoms with Crippen molar-refractivity contribution in [2.45, 2.75) is 12.3 Å². The molecule has 2 aliphatic rings. The summed E-state index contributed by atoms with van der Waals surface area (Å²) in [6.45, 7) is 0. The number of fused-ring (bicyclic) bond motifs is 9. The lowest BCUT2D eigenvalue weighted by atomic mass is 9.92. The van der Waals surface area contributed by atoms with Gasteiger partial charge in [0.2, 0.25) is 0 Å². The minimum Gasteiger partial charge on any atom is -0.312 e. The fourth-order valence-electron chi connectivity index (χ4n) is 8.15. The molecule has 0 bridgehead atoms. The van der Waals surface area contributed by atoms with E-state index in [9.17, 15) is 5.26 Å². The standard InChI is InChI=1S/C43H28N4/c44-27-34-41(45-35-19-7-1-13-28(35)29-14-2-8-20-36(29)45)25-26-42(46-37-21-9-3-15-30(37)31-16-4-10-22-38(31)46)43(34)47-39-23-11-5-17-32(39)33-18-6-12-24-40(33)47/h1-13,15-26,29H,14H2. The van der Waals surface area contributed by atoms with E-state index in [2.05, 4.69) is 172 Å².